The largest absolute Gasteiger partial charge is 0.324 e. The van der Waals surface area contributed by atoms with E-state index in [0.29, 0.717) is 6.42 Å². The molecule has 2 rings (SSSR count). The Balaban J connectivity index is 2.10. The third kappa shape index (κ3) is 3.67. The van der Waals surface area contributed by atoms with Crippen LogP contribution in [0.3, 0.4) is 0 Å². The summed E-state index contributed by atoms with van der Waals surface area (Å²) >= 11 is 3.38. The Morgan fingerprint density at radius 2 is 1.85 bits per heavy atom. The molecule has 0 aliphatic carbocycles. The van der Waals surface area contributed by atoms with Crippen molar-refractivity contribution < 1.29 is 4.79 Å². The fraction of sp³-hybridized carbons (Fsp3) is 0.250. The van der Waals surface area contributed by atoms with Crippen LogP contribution in [0.2, 0.25) is 0 Å². The molecule has 0 fully saturated rings. The van der Waals surface area contributed by atoms with Crippen LogP contribution in [0.15, 0.2) is 34.8 Å². The molecule has 1 aromatic heterocycles. The van der Waals surface area contributed by atoms with Crippen LogP contribution in [0.4, 0.5) is 5.69 Å². The number of nitrogens with one attached hydrogen (secondary N) is 1. The summed E-state index contributed by atoms with van der Waals surface area (Å²) in [6, 6.07) is 9.73. The zero-order valence-corrected chi connectivity index (χ0v) is 13.4. The van der Waals surface area contributed by atoms with Crippen molar-refractivity contribution in [3.8, 4) is 0 Å². The van der Waals surface area contributed by atoms with Gasteiger partial charge in [-0.05, 0) is 50.1 Å². The Kier molecular flexibility index (Phi) is 4.55. The minimum atomic E-state index is -0.0239. The maximum Gasteiger partial charge on any atom is 0.228 e. The molecule has 1 amide bonds. The highest BCUT2D eigenvalue weighted by atomic mass is 79.9. The molecule has 20 heavy (non-hydrogen) atoms. The molecule has 1 aromatic carbocycles. The lowest BCUT2D eigenvalue weighted by Gasteiger charge is -2.12. The van der Waals surface area contributed by atoms with Gasteiger partial charge in [-0.3, -0.25) is 9.78 Å². The monoisotopic (exact) mass is 332 g/mol. The lowest BCUT2D eigenvalue weighted by molar-refractivity contribution is -0.115. The molecule has 3 nitrogen and oxygen atoms in total. The van der Waals surface area contributed by atoms with Crippen LogP contribution < -0.4 is 5.32 Å². The Bertz CT molecular complexity index is 612. The number of hydrogen-bond acceptors (Lipinski definition) is 2. The number of benzene rings is 1. The van der Waals surface area contributed by atoms with Crippen molar-refractivity contribution in [2.75, 3.05) is 5.32 Å². The molecule has 0 atom stereocenters. The van der Waals surface area contributed by atoms with Crippen LogP contribution in [0.1, 0.15) is 22.5 Å². The molecule has 1 N–H and O–H groups in total. The molecule has 0 unspecified atom stereocenters. The molecule has 0 aliphatic rings. The second-order valence-electron chi connectivity index (χ2n) is 4.89. The van der Waals surface area contributed by atoms with Crippen LogP contribution in [-0.4, -0.2) is 10.9 Å². The number of hydrogen-bond donors (Lipinski definition) is 1. The molecule has 1 heterocycles. The van der Waals surface area contributed by atoms with Gasteiger partial charge in [-0.1, -0.05) is 28.1 Å². The molecule has 104 valence electrons. The molecule has 0 spiro atoms. The number of carbonyl (C=O) groups excluding carboxylic acids is 1. The fourth-order valence-corrected chi connectivity index (χ4v) is 2.45. The standard InChI is InChI=1S/C16H17BrN2O/c1-10-8-11(2)18-12(3)16(10)19-15(20)9-13-4-6-14(17)7-5-13/h4-8H,9H2,1-3H3,(H,19,20). The first-order valence-electron chi connectivity index (χ1n) is 6.45. The average molecular weight is 333 g/mol. The Morgan fingerprint density at radius 1 is 1.20 bits per heavy atom. The van der Waals surface area contributed by atoms with Crippen molar-refractivity contribution >= 4 is 27.5 Å². The van der Waals surface area contributed by atoms with Crippen molar-refractivity contribution in [3.63, 3.8) is 0 Å². The number of rotatable bonds is 3. The van der Waals surface area contributed by atoms with Crippen molar-refractivity contribution in [1.82, 2.24) is 4.98 Å². The third-order valence-electron chi connectivity index (χ3n) is 3.07. The van der Waals surface area contributed by atoms with Gasteiger partial charge >= 0.3 is 0 Å². The van der Waals surface area contributed by atoms with Crippen LogP contribution in [0, 0.1) is 20.8 Å². The maximum absolute atomic E-state index is 12.1. The minimum Gasteiger partial charge on any atom is -0.324 e. The number of amides is 1. The summed E-state index contributed by atoms with van der Waals surface area (Å²) in [5, 5.41) is 2.96. The van der Waals surface area contributed by atoms with E-state index in [-0.39, 0.29) is 5.91 Å². The zero-order chi connectivity index (χ0) is 14.7. The third-order valence-corrected chi connectivity index (χ3v) is 3.60. The van der Waals surface area contributed by atoms with E-state index in [4.69, 9.17) is 0 Å². The SMILES string of the molecule is Cc1cc(C)c(NC(=O)Cc2ccc(Br)cc2)c(C)n1. The van der Waals surface area contributed by atoms with Gasteiger partial charge < -0.3 is 5.32 Å². The number of carbonyl (C=O) groups is 1. The highest BCUT2D eigenvalue weighted by molar-refractivity contribution is 9.10. The van der Waals surface area contributed by atoms with Gasteiger partial charge in [0, 0.05) is 10.2 Å². The van der Waals surface area contributed by atoms with Gasteiger partial charge in [0.15, 0.2) is 0 Å². The Labute approximate surface area is 127 Å². The fourth-order valence-electron chi connectivity index (χ4n) is 2.18. The summed E-state index contributed by atoms with van der Waals surface area (Å²) in [6.07, 6.45) is 0.361. The second-order valence-corrected chi connectivity index (χ2v) is 5.81. The van der Waals surface area contributed by atoms with E-state index in [1.54, 1.807) is 0 Å². The van der Waals surface area contributed by atoms with E-state index < -0.39 is 0 Å². The lowest BCUT2D eigenvalue weighted by Crippen LogP contribution is -2.16. The van der Waals surface area contributed by atoms with Crippen LogP contribution in [-0.2, 0) is 11.2 Å². The summed E-state index contributed by atoms with van der Waals surface area (Å²) in [4.78, 5) is 16.5. The first-order chi connectivity index (χ1) is 9.45. The van der Waals surface area contributed by atoms with Crippen molar-refractivity contribution in [2.45, 2.75) is 27.2 Å². The number of anilines is 1. The predicted octanol–water partition coefficient (Wildman–Crippen LogP) is 3.95. The summed E-state index contributed by atoms with van der Waals surface area (Å²) in [6.45, 7) is 5.85. The molecule has 0 saturated heterocycles. The summed E-state index contributed by atoms with van der Waals surface area (Å²) < 4.78 is 1.01. The maximum atomic E-state index is 12.1. The van der Waals surface area contributed by atoms with Crippen LogP contribution in [0.25, 0.3) is 0 Å². The van der Waals surface area contributed by atoms with E-state index in [9.17, 15) is 4.79 Å². The molecular weight excluding hydrogens is 316 g/mol. The van der Waals surface area contributed by atoms with E-state index in [1.807, 2.05) is 51.1 Å². The van der Waals surface area contributed by atoms with Crippen LogP contribution >= 0.6 is 15.9 Å². The molecule has 0 aliphatic heterocycles. The number of nitrogens with zero attached hydrogens (tertiary/aromatic N) is 1. The number of halogens is 1. The second kappa shape index (κ2) is 6.18. The summed E-state index contributed by atoms with van der Waals surface area (Å²) in [5.41, 5.74) is 4.66. The highest BCUT2D eigenvalue weighted by Crippen LogP contribution is 2.19. The zero-order valence-electron chi connectivity index (χ0n) is 11.8. The van der Waals surface area contributed by atoms with E-state index in [1.165, 1.54) is 0 Å². The van der Waals surface area contributed by atoms with Crippen LogP contribution in [0.5, 0.6) is 0 Å². The lowest BCUT2D eigenvalue weighted by atomic mass is 10.1. The molecule has 0 radical (unpaired) electrons. The topological polar surface area (TPSA) is 42.0 Å². The number of aryl methyl sites for hydroxylation is 3. The highest BCUT2D eigenvalue weighted by Gasteiger charge is 2.09. The quantitative estimate of drug-likeness (QED) is 0.924. The van der Waals surface area contributed by atoms with E-state index in [0.717, 1.165) is 32.7 Å². The van der Waals surface area contributed by atoms with E-state index in [2.05, 4.69) is 26.2 Å². The van der Waals surface area contributed by atoms with Gasteiger partial charge in [0.2, 0.25) is 5.91 Å². The van der Waals surface area contributed by atoms with Gasteiger partial charge in [0.05, 0.1) is 17.8 Å². The van der Waals surface area contributed by atoms with Gasteiger partial charge in [0.1, 0.15) is 0 Å². The Morgan fingerprint density at radius 3 is 2.45 bits per heavy atom. The molecule has 0 saturated carbocycles. The first-order valence-corrected chi connectivity index (χ1v) is 7.24. The first kappa shape index (κ1) is 14.7. The van der Waals surface area contributed by atoms with Gasteiger partial charge in [0.25, 0.3) is 0 Å². The summed E-state index contributed by atoms with van der Waals surface area (Å²) in [7, 11) is 0. The molecule has 0 bridgehead atoms. The normalized spacial score (nSPS) is 10.4. The van der Waals surface area contributed by atoms with Crippen molar-refractivity contribution in [2.24, 2.45) is 0 Å². The van der Waals surface area contributed by atoms with Crippen molar-refractivity contribution in [1.29, 1.82) is 0 Å². The van der Waals surface area contributed by atoms with Gasteiger partial charge in [-0.2, -0.15) is 0 Å². The average Bonchev–Trinajstić information content (AvgIpc) is 2.36. The van der Waals surface area contributed by atoms with E-state index >= 15 is 0 Å². The molecular formula is C16H17BrN2O. The summed E-state index contributed by atoms with van der Waals surface area (Å²) in [5.74, 6) is -0.0239. The van der Waals surface area contributed by atoms with Gasteiger partial charge in [-0.15, -0.1) is 0 Å². The smallest absolute Gasteiger partial charge is 0.228 e. The number of aromatic nitrogens is 1. The molecule has 2 aromatic rings. The molecule has 4 heteroatoms. The predicted molar refractivity (Wildman–Crippen MR) is 84.9 cm³/mol. The minimum absolute atomic E-state index is 0.0239. The number of pyridine rings is 1. The Hall–Kier alpha value is -1.68. The van der Waals surface area contributed by atoms with Crippen molar-refractivity contribution in [3.05, 3.63) is 57.3 Å². The van der Waals surface area contributed by atoms with Gasteiger partial charge in [-0.25, -0.2) is 0 Å².